The van der Waals surface area contributed by atoms with Crippen LogP contribution in [0.15, 0.2) is 28.7 Å². The zero-order valence-electron chi connectivity index (χ0n) is 11.2. The zero-order valence-corrected chi connectivity index (χ0v) is 12.8. The third-order valence-electron chi connectivity index (χ3n) is 2.96. The third kappa shape index (κ3) is 3.34. The molecule has 0 saturated carbocycles. The van der Waals surface area contributed by atoms with E-state index >= 15 is 0 Å². The first-order valence-electron chi connectivity index (χ1n) is 6.43. The molecule has 1 aromatic heterocycles. The Morgan fingerprint density at radius 3 is 2.45 bits per heavy atom. The zero-order chi connectivity index (χ0) is 14.5. The van der Waals surface area contributed by atoms with E-state index in [-0.39, 0.29) is 5.95 Å². The number of benzene rings is 1. The Kier molecular flexibility index (Phi) is 4.70. The quantitative estimate of drug-likeness (QED) is 0.933. The highest BCUT2D eigenvalue weighted by molar-refractivity contribution is 9.10. The number of nitrogens with zero attached hydrogens (tertiary/aromatic N) is 3. The number of anilines is 1. The summed E-state index contributed by atoms with van der Waals surface area (Å²) < 4.78 is 1.02. The lowest BCUT2D eigenvalue weighted by Gasteiger charge is -2.09. The summed E-state index contributed by atoms with van der Waals surface area (Å²) in [7, 11) is 0. The van der Waals surface area contributed by atoms with Gasteiger partial charge in [0.25, 0.3) is 0 Å². The molecule has 0 radical (unpaired) electrons. The second kappa shape index (κ2) is 6.49. The second-order valence-corrected chi connectivity index (χ2v) is 5.43. The van der Waals surface area contributed by atoms with E-state index in [2.05, 4.69) is 32.0 Å². The molecule has 0 atom stereocenters. The average molecular weight is 331 g/mol. The number of halogens is 1. The van der Waals surface area contributed by atoms with Crippen molar-refractivity contribution in [1.82, 2.24) is 9.97 Å². The predicted molar refractivity (Wildman–Crippen MR) is 82.1 cm³/mol. The van der Waals surface area contributed by atoms with E-state index in [9.17, 15) is 5.26 Å². The Morgan fingerprint density at radius 2 is 1.85 bits per heavy atom. The fourth-order valence-corrected chi connectivity index (χ4v) is 2.31. The molecule has 2 aromatic rings. The van der Waals surface area contributed by atoms with Crippen molar-refractivity contribution in [3.8, 4) is 6.07 Å². The summed E-state index contributed by atoms with van der Waals surface area (Å²) in [5.74, 6) is 0.236. The molecule has 1 aromatic carbocycles. The minimum absolute atomic E-state index is 0.236. The molecule has 0 saturated heterocycles. The van der Waals surface area contributed by atoms with Gasteiger partial charge in [0, 0.05) is 10.9 Å². The van der Waals surface area contributed by atoms with Crippen LogP contribution in [0, 0.1) is 11.3 Å². The van der Waals surface area contributed by atoms with Crippen molar-refractivity contribution in [3.05, 3.63) is 51.3 Å². The summed E-state index contributed by atoms with van der Waals surface area (Å²) >= 11 is 3.40. The Bertz CT molecular complexity index is 644. The highest BCUT2D eigenvalue weighted by Crippen LogP contribution is 2.18. The first-order valence-corrected chi connectivity index (χ1v) is 7.23. The van der Waals surface area contributed by atoms with Gasteiger partial charge in [0.1, 0.15) is 6.07 Å². The number of nitrogens with two attached hydrogens (primary N) is 1. The van der Waals surface area contributed by atoms with E-state index in [4.69, 9.17) is 5.73 Å². The van der Waals surface area contributed by atoms with Gasteiger partial charge in [-0.15, -0.1) is 0 Å². The molecule has 0 bridgehead atoms. The molecular weight excluding hydrogens is 316 g/mol. The maximum Gasteiger partial charge on any atom is 0.220 e. The van der Waals surface area contributed by atoms with Gasteiger partial charge in [0.2, 0.25) is 5.95 Å². The van der Waals surface area contributed by atoms with Crippen LogP contribution in [-0.2, 0) is 12.8 Å². The van der Waals surface area contributed by atoms with Crippen LogP contribution in [0.5, 0.6) is 0 Å². The second-order valence-electron chi connectivity index (χ2n) is 4.52. The van der Waals surface area contributed by atoms with Gasteiger partial charge in [0.15, 0.2) is 0 Å². The normalized spacial score (nSPS) is 10.2. The third-order valence-corrected chi connectivity index (χ3v) is 3.49. The minimum Gasteiger partial charge on any atom is -0.368 e. The van der Waals surface area contributed by atoms with Crippen molar-refractivity contribution in [2.45, 2.75) is 26.2 Å². The van der Waals surface area contributed by atoms with Crippen molar-refractivity contribution in [2.24, 2.45) is 0 Å². The lowest BCUT2D eigenvalue weighted by atomic mass is 10.0. The average Bonchev–Trinajstić information content (AvgIpc) is 2.41. The van der Waals surface area contributed by atoms with Gasteiger partial charge >= 0.3 is 0 Å². The number of aryl methyl sites for hydroxylation is 1. The van der Waals surface area contributed by atoms with E-state index in [0.717, 1.165) is 28.6 Å². The highest BCUT2D eigenvalue weighted by atomic mass is 79.9. The van der Waals surface area contributed by atoms with Gasteiger partial charge < -0.3 is 5.73 Å². The van der Waals surface area contributed by atoms with Gasteiger partial charge in [0.05, 0.1) is 17.0 Å². The number of aromatic nitrogens is 2. The minimum atomic E-state index is 0.236. The standard InChI is InChI=1S/C15H15BrN4/c1-2-3-13-12(9-17)14(20-15(18)19-13)8-10-4-6-11(16)7-5-10/h4-7H,2-3,8H2,1H3,(H2,18,19,20). The number of nitrogen functional groups attached to an aromatic ring is 1. The predicted octanol–water partition coefficient (Wildman–Crippen LogP) is 3.24. The lowest BCUT2D eigenvalue weighted by Crippen LogP contribution is -2.08. The molecule has 20 heavy (non-hydrogen) atoms. The van der Waals surface area contributed by atoms with Crippen molar-refractivity contribution in [2.75, 3.05) is 5.73 Å². The molecule has 0 aliphatic carbocycles. The van der Waals surface area contributed by atoms with Crippen molar-refractivity contribution in [3.63, 3.8) is 0 Å². The van der Waals surface area contributed by atoms with Crippen LogP contribution in [0.2, 0.25) is 0 Å². The molecular formula is C15H15BrN4. The highest BCUT2D eigenvalue weighted by Gasteiger charge is 2.13. The topological polar surface area (TPSA) is 75.6 Å². The maximum atomic E-state index is 9.36. The van der Waals surface area contributed by atoms with Crippen LogP contribution in [0.4, 0.5) is 5.95 Å². The van der Waals surface area contributed by atoms with Crippen LogP contribution >= 0.6 is 15.9 Å². The van der Waals surface area contributed by atoms with Gasteiger partial charge in [-0.3, -0.25) is 0 Å². The molecule has 2 rings (SSSR count). The Labute approximate surface area is 126 Å². The van der Waals surface area contributed by atoms with Gasteiger partial charge in [-0.2, -0.15) is 5.26 Å². The van der Waals surface area contributed by atoms with Crippen LogP contribution in [0.1, 0.15) is 35.9 Å². The number of nitriles is 1. The van der Waals surface area contributed by atoms with E-state index in [0.29, 0.717) is 17.7 Å². The summed E-state index contributed by atoms with van der Waals surface area (Å²) in [6, 6.07) is 10.2. The summed E-state index contributed by atoms with van der Waals surface area (Å²) in [4.78, 5) is 8.42. The molecule has 5 heteroatoms. The summed E-state index contributed by atoms with van der Waals surface area (Å²) in [5, 5.41) is 9.36. The van der Waals surface area contributed by atoms with Gasteiger partial charge in [-0.1, -0.05) is 41.4 Å². The van der Waals surface area contributed by atoms with E-state index in [1.807, 2.05) is 31.2 Å². The number of hydrogen-bond acceptors (Lipinski definition) is 4. The summed E-state index contributed by atoms with van der Waals surface area (Å²) in [5.41, 5.74) is 8.84. The first-order chi connectivity index (χ1) is 9.63. The van der Waals surface area contributed by atoms with Crippen LogP contribution in [0.3, 0.4) is 0 Å². The molecule has 0 unspecified atom stereocenters. The molecule has 1 heterocycles. The monoisotopic (exact) mass is 330 g/mol. The van der Waals surface area contributed by atoms with Crippen molar-refractivity contribution >= 4 is 21.9 Å². The summed E-state index contributed by atoms with van der Waals surface area (Å²) in [6.07, 6.45) is 2.24. The van der Waals surface area contributed by atoms with Crippen LogP contribution in [-0.4, -0.2) is 9.97 Å². The van der Waals surface area contributed by atoms with Crippen molar-refractivity contribution in [1.29, 1.82) is 5.26 Å². The number of hydrogen-bond donors (Lipinski definition) is 1. The molecule has 0 spiro atoms. The Hall–Kier alpha value is -1.93. The lowest BCUT2D eigenvalue weighted by molar-refractivity contribution is 0.858. The van der Waals surface area contributed by atoms with E-state index in [1.54, 1.807) is 0 Å². The molecule has 0 fully saturated rings. The smallest absolute Gasteiger partial charge is 0.220 e. The van der Waals surface area contributed by atoms with E-state index in [1.165, 1.54) is 0 Å². The molecule has 2 N–H and O–H groups in total. The van der Waals surface area contributed by atoms with Crippen molar-refractivity contribution < 1.29 is 0 Å². The Morgan fingerprint density at radius 1 is 1.20 bits per heavy atom. The fraction of sp³-hybridized carbons (Fsp3) is 0.267. The summed E-state index contributed by atoms with van der Waals surface area (Å²) in [6.45, 7) is 2.05. The molecule has 4 nitrogen and oxygen atoms in total. The van der Waals surface area contributed by atoms with Gasteiger partial charge in [-0.05, 0) is 24.1 Å². The molecule has 0 aliphatic rings. The van der Waals surface area contributed by atoms with Crippen LogP contribution in [0.25, 0.3) is 0 Å². The van der Waals surface area contributed by atoms with E-state index < -0.39 is 0 Å². The largest absolute Gasteiger partial charge is 0.368 e. The SMILES string of the molecule is CCCc1nc(N)nc(Cc2ccc(Br)cc2)c1C#N. The fourth-order valence-electron chi connectivity index (χ4n) is 2.05. The van der Waals surface area contributed by atoms with Gasteiger partial charge in [-0.25, -0.2) is 9.97 Å². The molecule has 0 aliphatic heterocycles. The molecule has 0 amide bonds. The Balaban J connectivity index is 2.40. The maximum absolute atomic E-state index is 9.36. The first kappa shape index (κ1) is 14.5. The van der Waals surface area contributed by atoms with Crippen LogP contribution < -0.4 is 5.73 Å². The molecule has 102 valence electrons. The number of rotatable bonds is 4.